The summed E-state index contributed by atoms with van der Waals surface area (Å²) < 4.78 is 63.8. The van der Waals surface area contributed by atoms with Crippen LogP contribution in [0.3, 0.4) is 0 Å². The Hall–Kier alpha value is -0.870. The van der Waals surface area contributed by atoms with E-state index >= 15 is 0 Å². The van der Waals surface area contributed by atoms with Crippen LogP contribution in [-0.2, 0) is 0 Å². The molecule has 91 valence electrons. The smallest absolute Gasteiger partial charge is 0.195 e. The average Bonchev–Trinajstić information content (AvgIpc) is 2.30. The predicted molar refractivity (Wildman–Crippen MR) is 49.9 cm³/mol. The van der Waals surface area contributed by atoms with Gasteiger partial charge in [-0.25, -0.2) is 0 Å². The zero-order valence-electron chi connectivity index (χ0n) is 9.39. The summed E-state index contributed by atoms with van der Waals surface area (Å²) in [6, 6.07) is 0. The van der Waals surface area contributed by atoms with E-state index in [1.165, 1.54) is 20.8 Å². The Bertz CT molecular complexity index is 372. The molecule has 0 bridgehead atoms. The molecule has 0 nitrogen and oxygen atoms in total. The van der Waals surface area contributed by atoms with E-state index in [4.69, 9.17) is 0 Å². The Morgan fingerprint density at radius 1 is 1.00 bits per heavy atom. The van der Waals surface area contributed by atoms with Gasteiger partial charge in [-0.2, -0.15) is 22.0 Å². The first-order valence-corrected chi connectivity index (χ1v) is 4.69. The molecule has 0 spiro atoms. The summed E-state index contributed by atoms with van der Waals surface area (Å²) in [5.41, 5.74) is -1.57. The third-order valence-corrected chi connectivity index (χ3v) is 3.30. The summed E-state index contributed by atoms with van der Waals surface area (Å²) >= 11 is 0. The lowest BCUT2D eigenvalue weighted by atomic mass is 9.78. The highest BCUT2D eigenvalue weighted by Crippen LogP contribution is 2.56. The molecule has 5 heteroatoms. The molecule has 0 aromatic rings. The molecule has 0 fully saturated rings. The molecule has 0 saturated heterocycles. The third kappa shape index (κ3) is 1.48. The van der Waals surface area contributed by atoms with E-state index in [0.717, 1.165) is 6.92 Å². The summed E-state index contributed by atoms with van der Waals surface area (Å²) in [4.78, 5) is 0. The predicted octanol–water partition coefficient (Wildman–Crippen LogP) is 4.29. The number of hydrogen-bond donors (Lipinski definition) is 0. The minimum absolute atomic E-state index is 0.0207. The summed E-state index contributed by atoms with van der Waals surface area (Å²) in [6.07, 6.45) is -3.32. The van der Waals surface area contributed by atoms with Gasteiger partial charge in [-0.3, -0.25) is 0 Å². The molecular weight excluding hydrogens is 227 g/mol. The lowest BCUT2D eigenvalue weighted by Crippen LogP contribution is -2.49. The molecule has 1 rings (SSSR count). The molecule has 0 heterocycles. The lowest BCUT2D eigenvalue weighted by Gasteiger charge is -2.34. The molecule has 0 amide bonds. The highest BCUT2D eigenvalue weighted by Gasteiger charge is 2.69. The van der Waals surface area contributed by atoms with E-state index in [9.17, 15) is 22.0 Å². The summed E-state index contributed by atoms with van der Waals surface area (Å²) in [6.45, 7) is 5.17. The molecular formula is C11H12F5. The Morgan fingerprint density at radius 3 is 1.69 bits per heavy atom. The van der Waals surface area contributed by atoms with Crippen molar-refractivity contribution < 1.29 is 22.0 Å². The molecule has 1 aliphatic carbocycles. The molecule has 1 radical (unpaired) electrons. The number of halogens is 5. The normalized spacial score (nSPS) is 27.4. The maximum Gasteiger partial charge on any atom is 0.454 e. The zero-order valence-corrected chi connectivity index (χ0v) is 9.39. The Morgan fingerprint density at radius 2 is 1.44 bits per heavy atom. The van der Waals surface area contributed by atoms with Crippen LogP contribution in [0, 0.1) is 11.5 Å². The van der Waals surface area contributed by atoms with E-state index in [2.05, 4.69) is 6.08 Å². The molecule has 1 atom stereocenters. The van der Waals surface area contributed by atoms with Crippen LogP contribution < -0.4 is 0 Å². The van der Waals surface area contributed by atoms with Crippen LogP contribution in [0.5, 0.6) is 0 Å². The maximum atomic E-state index is 13.4. The van der Waals surface area contributed by atoms with Crippen molar-refractivity contribution in [3.63, 3.8) is 0 Å². The fourth-order valence-corrected chi connectivity index (χ4v) is 1.82. The van der Waals surface area contributed by atoms with Crippen LogP contribution in [0.15, 0.2) is 16.7 Å². The molecule has 1 aliphatic rings. The van der Waals surface area contributed by atoms with Gasteiger partial charge in [0.1, 0.15) is 0 Å². The monoisotopic (exact) mass is 239 g/mol. The molecule has 0 saturated carbocycles. The van der Waals surface area contributed by atoms with Gasteiger partial charge < -0.3 is 0 Å². The van der Waals surface area contributed by atoms with Crippen molar-refractivity contribution in [1.82, 2.24) is 0 Å². The quantitative estimate of drug-likeness (QED) is 0.599. The van der Waals surface area contributed by atoms with E-state index in [0.29, 0.717) is 11.1 Å². The van der Waals surface area contributed by atoms with Gasteiger partial charge in [0.05, 0.1) is 5.41 Å². The van der Waals surface area contributed by atoms with Gasteiger partial charge in [0.2, 0.25) is 0 Å². The van der Waals surface area contributed by atoms with Crippen LogP contribution in [0.1, 0.15) is 27.7 Å². The van der Waals surface area contributed by atoms with E-state index in [-0.39, 0.29) is 5.57 Å². The maximum absolute atomic E-state index is 13.4. The van der Waals surface area contributed by atoms with Gasteiger partial charge in [-0.1, -0.05) is 5.57 Å². The van der Waals surface area contributed by atoms with Crippen molar-refractivity contribution in [3.05, 3.63) is 22.8 Å². The SMILES string of the molecule is CC1=[C]C(C)(C(F)(F)C(F)(F)F)C(C)=C1C. The Balaban J connectivity index is 3.36. The van der Waals surface area contributed by atoms with Crippen molar-refractivity contribution in [2.24, 2.45) is 5.41 Å². The van der Waals surface area contributed by atoms with Gasteiger partial charge in [0.15, 0.2) is 0 Å². The Labute approximate surface area is 90.8 Å². The number of allylic oxidation sites excluding steroid dienone is 4. The zero-order chi connectivity index (χ0) is 12.9. The number of alkyl halides is 5. The highest BCUT2D eigenvalue weighted by atomic mass is 19.4. The molecule has 0 N–H and O–H groups in total. The van der Waals surface area contributed by atoms with Gasteiger partial charge in [0, 0.05) is 0 Å². The second kappa shape index (κ2) is 3.31. The highest BCUT2D eigenvalue weighted by molar-refractivity contribution is 5.44. The van der Waals surface area contributed by atoms with Crippen LogP contribution in [0.4, 0.5) is 22.0 Å². The van der Waals surface area contributed by atoms with Crippen molar-refractivity contribution in [2.45, 2.75) is 39.8 Å². The molecule has 0 aromatic heterocycles. The van der Waals surface area contributed by atoms with Crippen molar-refractivity contribution >= 4 is 0 Å². The summed E-state index contributed by atoms with van der Waals surface area (Å²) in [7, 11) is 0. The number of hydrogen-bond acceptors (Lipinski definition) is 0. The Kier molecular flexibility index (Phi) is 2.73. The second-order valence-electron chi connectivity index (χ2n) is 4.20. The van der Waals surface area contributed by atoms with E-state index in [1.54, 1.807) is 0 Å². The fraction of sp³-hybridized carbons (Fsp3) is 0.636. The van der Waals surface area contributed by atoms with Gasteiger partial charge in [0.25, 0.3) is 0 Å². The van der Waals surface area contributed by atoms with E-state index < -0.39 is 17.5 Å². The van der Waals surface area contributed by atoms with Crippen LogP contribution >= 0.6 is 0 Å². The minimum Gasteiger partial charge on any atom is -0.195 e. The first kappa shape index (κ1) is 13.2. The lowest BCUT2D eigenvalue weighted by molar-refractivity contribution is -0.310. The van der Waals surface area contributed by atoms with Crippen LogP contribution in [0.2, 0.25) is 0 Å². The van der Waals surface area contributed by atoms with Crippen LogP contribution in [0.25, 0.3) is 0 Å². The molecule has 1 unspecified atom stereocenters. The van der Waals surface area contributed by atoms with Gasteiger partial charge in [-0.05, 0) is 44.9 Å². The van der Waals surface area contributed by atoms with Crippen molar-refractivity contribution in [2.75, 3.05) is 0 Å². The molecule has 16 heavy (non-hydrogen) atoms. The largest absolute Gasteiger partial charge is 0.454 e. The molecule has 0 aliphatic heterocycles. The van der Waals surface area contributed by atoms with Gasteiger partial charge in [-0.15, -0.1) is 0 Å². The fourth-order valence-electron chi connectivity index (χ4n) is 1.82. The summed E-state index contributed by atoms with van der Waals surface area (Å²) in [5, 5.41) is 0. The second-order valence-corrected chi connectivity index (χ2v) is 4.20. The van der Waals surface area contributed by atoms with Crippen LogP contribution in [-0.4, -0.2) is 12.1 Å². The number of rotatable bonds is 1. The van der Waals surface area contributed by atoms with Crippen molar-refractivity contribution in [1.29, 1.82) is 0 Å². The standard InChI is InChI=1S/C11H12F5/c1-6-5-9(4,8(3)7(6)2)10(12,13)11(14,15)16/h1-4H3. The first-order chi connectivity index (χ1) is 6.95. The van der Waals surface area contributed by atoms with Gasteiger partial charge >= 0.3 is 12.1 Å². The summed E-state index contributed by atoms with van der Waals surface area (Å²) in [5.74, 6) is -4.80. The first-order valence-electron chi connectivity index (χ1n) is 4.69. The van der Waals surface area contributed by atoms with E-state index in [1.807, 2.05) is 0 Å². The molecule has 0 aromatic carbocycles. The third-order valence-electron chi connectivity index (χ3n) is 3.30. The van der Waals surface area contributed by atoms with Crippen molar-refractivity contribution in [3.8, 4) is 0 Å². The minimum atomic E-state index is -5.57. The average molecular weight is 239 g/mol. The topological polar surface area (TPSA) is 0 Å².